The molecule has 15 heavy (non-hydrogen) atoms. The SMILES string of the molecule is Cc1cc(N)nc(Cc2cccnc2)n1. The van der Waals surface area contributed by atoms with Gasteiger partial charge in [-0.2, -0.15) is 0 Å². The minimum atomic E-state index is 0.515. The number of pyridine rings is 1. The highest BCUT2D eigenvalue weighted by Crippen LogP contribution is 2.07. The summed E-state index contributed by atoms with van der Waals surface area (Å²) in [6.45, 7) is 1.91. The number of rotatable bonds is 2. The molecule has 0 aliphatic rings. The van der Waals surface area contributed by atoms with Crippen LogP contribution in [0, 0.1) is 6.92 Å². The van der Waals surface area contributed by atoms with E-state index in [4.69, 9.17) is 5.73 Å². The number of hydrogen-bond acceptors (Lipinski definition) is 4. The van der Waals surface area contributed by atoms with Crippen molar-refractivity contribution in [1.29, 1.82) is 0 Å². The van der Waals surface area contributed by atoms with Crippen LogP contribution >= 0.6 is 0 Å². The lowest BCUT2D eigenvalue weighted by Crippen LogP contribution is -2.02. The first-order chi connectivity index (χ1) is 7.24. The summed E-state index contributed by atoms with van der Waals surface area (Å²) in [5.74, 6) is 1.25. The molecule has 0 aromatic carbocycles. The quantitative estimate of drug-likeness (QED) is 0.794. The first-order valence-corrected chi connectivity index (χ1v) is 4.73. The summed E-state index contributed by atoms with van der Waals surface area (Å²) in [6, 6.07) is 5.65. The summed E-state index contributed by atoms with van der Waals surface area (Å²) in [5, 5.41) is 0. The van der Waals surface area contributed by atoms with Gasteiger partial charge in [0.05, 0.1) is 0 Å². The maximum absolute atomic E-state index is 5.65. The fourth-order valence-electron chi connectivity index (χ4n) is 1.42. The first-order valence-electron chi connectivity index (χ1n) is 4.73. The van der Waals surface area contributed by atoms with Gasteiger partial charge in [0.2, 0.25) is 0 Å². The van der Waals surface area contributed by atoms with Crippen LogP contribution in [0.3, 0.4) is 0 Å². The number of nitrogens with two attached hydrogens (primary N) is 1. The molecule has 2 N–H and O–H groups in total. The molecule has 0 bridgehead atoms. The van der Waals surface area contributed by atoms with Crippen molar-refractivity contribution in [3.8, 4) is 0 Å². The Kier molecular flexibility index (Phi) is 2.58. The zero-order valence-electron chi connectivity index (χ0n) is 8.51. The van der Waals surface area contributed by atoms with Crippen LogP contribution in [0.1, 0.15) is 17.1 Å². The third-order valence-electron chi connectivity index (χ3n) is 2.01. The number of hydrogen-bond donors (Lipinski definition) is 1. The van der Waals surface area contributed by atoms with Gasteiger partial charge in [0, 0.05) is 30.6 Å². The lowest BCUT2D eigenvalue weighted by molar-refractivity contribution is 0.943. The van der Waals surface area contributed by atoms with Crippen LogP contribution in [-0.4, -0.2) is 15.0 Å². The van der Waals surface area contributed by atoms with Crippen LogP contribution in [0.15, 0.2) is 30.6 Å². The molecule has 0 fully saturated rings. The molecule has 0 saturated heterocycles. The number of nitrogen functional groups attached to an aromatic ring is 1. The minimum Gasteiger partial charge on any atom is -0.384 e. The second kappa shape index (κ2) is 4.04. The summed E-state index contributed by atoms with van der Waals surface area (Å²) in [4.78, 5) is 12.5. The van der Waals surface area contributed by atoms with E-state index in [0.717, 1.165) is 17.1 Å². The average molecular weight is 200 g/mol. The van der Waals surface area contributed by atoms with E-state index in [-0.39, 0.29) is 0 Å². The van der Waals surface area contributed by atoms with E-state index in [1.807, 2.05) is 25.3 Å². The zero-order valence-corrected chi connectivity index (χ0v) is 8.51. The van der Waals surface area contributed by atoms with Gasteiger partial charge in [0.1, 0.15) is 11.6 Å². The van der Waals surface area contributed by atoms with Gasteiger partial charge >= 0.3 is 0 Å². The van der Waals surface area contributed by atoms with E-state index in [1.54, 1.807) is 12.3 Å². The molecule has 2 rings (SSSR count). The molecular formula is C11H12N4. The van der Waals surface area contributed by atoms with Gasteiger partial charge < -0.3 is 5.73 Å². The fraction of sp³-hybridized carbons (Fsp3) is 0.182. The van der Waals surface area contributed by atoms with Crippen LogP contribution < -0.4 is 5.73 Å². The van der Waals surface area contributed by atoms with Crippen LogP contribution in [0.5, 0.6) is 0 Å². The first kappa shape index (κ1) is 9.58. The molecule has 0 saturated carbocycles. The van der Waals surface area contributed by atoms with Crippen LogP contribution in [0.25, 0.3) is 0 Å². The minimum absolute atomic E-state index is 0.515. The van der Waals surface area contributed by atoms with Crippen molar-refractivity contribution in [2.45, 2.75) is 13.3 Å². The van der Waals surface area contributed by atoms with Gasteiger partial charge in [-0.3, -0.25) is 4.98 Å². The molecule has 2 heterocycles. The Morgan fingerprint density at radius 1 is 1.33 bits per heavy atom. The highest BCUT2D eigenvalue weighted by atomic mass is 14.9. The van der Waals surface area contributed by atoms with E-state index < -0.39 is 0 Å². The van der Waals surface area contributed by atoms with Crippen molar-refractivity contribution in [3.05, 3.63) is 47.7 Å². The standard InChI is InChI=1S/C11H12N4/c1-8-5-10(12)15-11(14-8)6-9-3-2-4-13-7-9/h2-5,7H,6H2,1H3,(H2,12,14,15). The van der Waals surface area contributed by atoms with Crippen LogP contribution in [0.2, 0.25) is 0 Å². The molecule has 2 aromatic rings. The maximum Gasteiger partial charge on any atom is 0.135 e. The number of nitrogens with zero attached hydrogens (tertiary/aromatic N) is 3. The molecule has 0 amide bonds. The molecule has 0 aliphatic carbocycles. The van der Waals surface area contributed by atoms with Crippen LogP contribution in [0.4, 0.5) is 5.82 Å². The smallest absolute Gasteiger partial charge is 0.135 e. The Morgan fingerprint density at radius 2 is 2.20 bits per heavy atom. The summed E-state index contributed by atoms with van der Waals surface area (Å²) in [5.41, 5.74) is 7.62. The maximum atomic E-state index is 5.65. The van der Waals surface area contributed by atoms with Gasteiger partial charge in [0.25, 0.3) is 0 Å². The second-order valence-electron chi connectivity index (χ2n) is 3.39. The van der Waals surface area contributed by atoms with Crippen molar-refractivity contribution < 1.29 is 0 Å². The van der Waals surface area contributed by atoms with E-state index in [9.17, 15) is 0 Å². The number of anilines is 1. The lowest BCUT2D eigenvalue weighted by Gasteiger charge is -2.02. The summed E-state index contributed by atoms with van der Waals surface area (Å²) >= 11 is 0. The number of aromatic nitrogens is 3. The molecule has 4 nitrogen and oxygen atoms in total. The molecule has 4 heteroatoms. The summed E-state index contributed by atoms with van der Waals surface area (Å²) < 4.78 is 0. The summed E-state index contributed by atoms with van der Waals surface area (Å²) in [7, 11) is 0. The Balaban J connectivity index is 2.25. The third-order valence-corrected chi connectivity index (χ3v) is 2.01. The Labute approximate surface area is 88.2 Å². The Bertz CT molecular complexity index is 433. The van der Waals surface area contributed by atoms with Crippen molar-refractivity contribution in [2.24, 2.45) is 0 Å². The van der Waals surface area contributed by atoms with Crippen molar-refractivity contribution in [3.63, 3.8) is 0 Å². The second-order valence-corrected chi connectivity index (χ2v) is 3.39. The zero-order chi connectivity index (χ0) is 10.7. The molecule has 0 aliphatic heterocycles. The van der Waals surface area contributed by atoms with E-state index in [2.05, 4.69) is 15.0 Å². The van der Waals surface area contributed by atoms with Crippen molar-refractivity contribution >= 4 is 5.82 Å². The number of aryl methyl sites for hydroxylation is 1. The predicted octanol–water partition coefficient (Wildman–Crippen LogP) is 1.35. The van der Waals surface area contributed by atoms with E-state index >= 15 is 0 Å². The monoisotopic (exact) mass is 200 g/mol. The van der Waals surface area contributed by atoms with Crippen molar-refractivity contribution in [1.82, 2.24) is 15.0 Å². The normalized spacial score (nSPS) is 10.2. The van der Waals surface area contributed by atoms with Gasteiger partial charge in [-0.1, -0.05) is 6.07 Å². The van der Waals surface area contributed by atoms with Gasteiger partial charge in [-0.25, -0.2) is 9.97 Å². The Morgan fingerprint density at radius 3 is 2.87 bits per heavy atom. The average Bonchev–Trinajstić information content (AvgIpc) is 2.17. The molecule has 0 unspecified atom stereocenters. The largest absolute Gasteiger partial charge is 0.384 e. The molecule has 76 valence electrons. The highest BCUT2D eigenvalue weighted by molar-refractivity contribution is 5.30. The van der Waals surface area contributed by atoms with E-state index in [0.29, 0.717) is 12.2 Å². The third kappa shape index (κ3) is 2.49. The fourth-order valence-corrected chi connectivity index (χ4v) is 1.42. The highest BCUT2D eigenvalue weighted by Gasteiger charge is 2.01. The van der Waals surface area contributed by atoms with E-state index in [1.165, 1.54) is 0 Å². The molecule has 0 radical (unpaired) electrons. The van der Waals surface area contributed by atoms with Crippen LogP contribution in [-0.2, 0) is 6.42 Å². The topological polar surface area (TPSA) is 64.7 Å². The van der Waals surface area contributed by atoms with Gasteiger partial charge in [-0.05, 0) is 18.6 Å². The summed E-state index contributed by atoms with van der Waals surface area (Å²) in [6.07, 6.45) is 4.22. The van der Waals surface area contributed by atoms with Crippen molar-refractivity contribution in [2.75, 3.05) is 5.73 Å². The molecule has 0 spiro atoms. The lowest BCUT2D eigenvalue weighted by atomic mass is 10.2. The molecule has 2 aromatic heterocycles. The van der Waals surface area contributed by atoms with Gasteiger partial charge in [0.15, 0.2) is 0 Å². The molecular weight excluding hydrogens is 188 g/mol. The van der Waals surface area contributed by atoms with Gasteiger partial charge in [-0.15, -0.1) is 0 Å². The predicted molar refractivity (Wildman–Crippen MR) is 58.2 cm³/mol. The molecule has 0 atom stereocenters. The Hall–Kier alpha value is -1.97.